The number of non-ortho nitro benzene ring substituents is 1. The van der Waals surface area contributed by atoms with Crippen LogP contribution in [0, 0.1) is 16.0 Å². The average molecular weight is 340 g/mol. The number of pyridine rings is 1. The standard InChI is InChI=1S/C18H20N4O3/c1-13-8-10-21(12-13)17-11-14(7-9-19-17)18(23)20(2)15-3-5-16(6-4-15)22(24)25/h3-7,9,11,13H,8,10,12H2,1-2H3/t13-/m0/s1. The molecule has 1 aliphatic rings. The van der Waals surface area contributed by atoms with Gasteiger partial charge >= 0.3 is 0 Å². The van der Waals surface area contributed by atoms with Crippen LogP contribution in [-0.4, -0.2) is 36.0 Å². The first kappa shape index (κ1) is 16.9. The first-order chi connectivity index (χ1) is 12.0. The van der Waals surface area contributed by atoms with E-state index in [1.807, 2.05) is 6.07 Å². The Bertz CT molecular complexity index is 791. The summed E-state index contributed by atoms with van der Waals surface area (Å²) in [6.07, 6.45) is 2.78. The van der Waals surface area contributed by atoms with E-state index in [9.17, 15) is 14.9 Å². The second kappa shape index (κ2) is 6.88. The Hall–Kier alpha value is -2.96. The van der Waals surface area contributed by atoms with E-state index >= 15 is 0 Å². The number of amides is 1. The highest BCUT2D eigenvalue weighted by molar-refractivity contribution is 6.06. The van der Waals surface area contributed by atoms with Crippen molar-refractivity contribution in [3.05, 3.63) is 58.3 Å². The largest absolute Gasteiger partial charge is 0.356 e. The number of rotatable bonds is 4. The average Bonchev–Trinajstić information content (AvgIpc) is 3.07. The Balaban J connectivity index is 1.79. The van der Waals surface area contributed by atoms with Crippen molar-refractivity contribution in [3.63, 3.8) is 0 Å². The second-order valence-electron chi connectivity index (χ2n) is 6.38. The number of anilines is 2. The lowest BCUT2D eigenvalue weighted by atomic mass is 10.2. The molecule has 0 aliphatic carbocycles. The van der Waals surface area contributed by atoms with E-state index in [4.69, 9.17) is 0 Å². The SMILES string of the molecule is C[C@H]1CCN(c2cc(C(=O)N(C)c3ccc([N+](=O)[O-])cc3)ccn2)C1. The molecule has 7 nitrogen and oxygen atoms in total. The fourth-order valence-corrected chi connectivity index (χ4v) is 2.98. The van der Waals surface area contributed by atoms with Gasteiger partial charge in [-0.25, -0.2) is 4.98 Å². The van der Waals surface area contributed by atoms with Gasteiger partial charge in [0.25, 0.3) is 11.6 Å². The van der Waals surface area contributed by atoms with Crippen molar-refractivity contribution in [1.29, 1.82) is 0 Å². The van der Waals surface area contributed by atoms with Crippen molar-refractivity contribution < 1.29 is 9.72 Å². The maximum absolute atomic E-state index is 12.7. The molecule has 2 aromatic rings. The van der Waals surface area contributed by atoms with Gasteiger partial charge in [0.1, 0.15) is 5.82 Å². The lowest BCUT2D eigenvalue weighted by Gasteiger charge is -2.20. The molecule has 1 saturated heterocycles. The molecule has 1 aromatic heterocycles. The normalized spacial score (nSPS) is 16.7. The first-order valence-corrected chi connectivity index (χ1v) is 8.19. The minimum absolute atomic E-state index is 0.000973. The molecule has 1 amide bonds. The molecule has 25 heavy (non-hydrogen) atoms. The summed E-state index contributed by atoms with van der Waals surface area (Å²) < 4.78 is 0. The molecule has 0 unspecified atom stereocenters. The van der Waals surface area contributed by atoms with E-state index < -0.39 is 4.92 Å². The van der Waals surface area contributed by atoms with Crippen molar-refractivity contribution >= 4 is 23.1 Å². The molecule has 0 spiro atoms. The second-order valence-corrected chi connectivity index (χ2v) is 6.38. The number of benzene rings is 1. The lowest BCUT2D eigenvalue weighted by Crippen LogP contribution is -2.27. The van der Waals surface area contributed by atoms with E-state index in [0.29, 0.717) is 17.2 Å². The van der Waals surface area contributed by atoms with Gasteiger partial charge in [0, 0.05) is 49.7 Å². The van der Waals surface area contributed by atoms with Crippen molar-refractivity contribution in [3.8, 4) is 0 Å². The maximum Gasteiger partial charge on any atom is 0.269 e. The molecule has 1 atom stereocenters. The Kier molecular flexibility index (Phi) is 4.65. The van der Waals surface area contributed by atoms with Crippen LogP contribution in [-0.2, 0) is 0 Å². The zero-order chi connectivity index (χ0) is 18.0. The van der Waals surface area contributed by atoms with Gasteiger partial charge in [-0.1, -0.05) is 6.92 Å². The van der Waals surface area contributed by atoms with Gasteiger partial charge in [-0.15, -0.1) is 0 Å². The lowest BCUT2D eigenvalue weighted by molar-refractivity contribution is -0.384. The van der Waals surface area contributed by atoms with Crippen molar-refractivity contribution in [1.82, 2.24) is 4.98 Å². The Labute approximate surface area is 146 Å². The summed E-state index contributed by atoms with van der Waals surface area (Å²) in [4.78, 5) is 31.1. The summed E-state index contributed by atoms with van der Waals surface area (Å²) in [5, 5.41) is 10.7. The number of carbonyl (C=O) groups is 1. The number of aromatic nitrogens is 1. The summed E-state index contributed by atoms with van der Waals surface area (Å²) in [5.41, 5.74) is 1.15. The number of hydrogen-bond acceptors (Lipinski definition) is 5. The Morgan fingerprint density at radius 1 is 1.32 bits per heavy atom. The van der Waals surface area contributed by atoms with Gasteiger partial charge in [-0.3, -0.25) is 14.9 Å². The molecule has 0 radical (unpaired) electrons. The van der Waals surface area contributed by atoms with Crippen LogP contribution in [0.4, 0.5) is 17.2 Å². The van der Waals surface area contributed by atoms with Crippen molar-refractivity contribution in [2.75, 3.05) is 29.9 Å². The van der Waals surface area contributed by atoms with Gasteiger partial charge in [0.05, 0.1) is 4.92 Å². The fourth-order valence-electron chi connectivity index (χ4n) is 2.98. The smallest absolute Gasteiger partial charge is 0.269 e. The van der Waals surface area contributed by atoms with Crippen molar-refractivity contribution in [2.45, 2.75) is 13.3 Å². The van der Waals surface area contributed by atoms with Crippen LogP contribution in [0.1, 0.15) is 23.7 Å². The highest BCUT2D eigenvalue weighted by Crippen LogP contribution is 2.24. The topological polar surface area (TPSA) is 79.6 Å². The molecule has 3 rings (SSSR count). The quantitative estimate of drug-likeness (QED) is 0.631. The first-order valence-electron chi connectivity index (χ1n) is 8.19. The number of nitro benzene ring substituents is 1. The summed E-state index contributed by atoms with van der Waals surface area (Å²) in [5.74, 6) is 1.26. The molecule has 1 aliphatic heterocycles. The van der Waals surface area contributed by atoms with Crippen LogP contribution in [0.2, 0.25) is 0 Å². The molecule has 1 aromatic carbocycles. The molecule has 0 N–H and O–H groups in total. The Morgan fingerprint density at radius 3 is 2.64 bits per heavy atom. The molecule has 0 saturated carbocycles. The summed E-state index contributed by atoms with van der Waals surface area (Å²) in [6.45, 7) is 4.10. The number of hydrogen-bond donors (Lipinski definition) is 0. The van der Waals surface area contributed by atoms with Crippen LogP contribution in [0.5, 0.6) is 0 Å². The number of nitrogens with zero attached hydrogens (tertiary/aromatic N) is 4. The number of carbonyl (C=O) groups excluding carboxylic acids is 1. The number of nitro groups is 1. The monoisotopic (exact) mass is 340 g/mol. The van der Waals surface area contributed by atoms with Crippen LogP contribution < -0.4 is 9.80 Å². The molecular weight excluding hydrogens is 320 g/mol. The van der Waals surface area contributed by atoms with Gasteiger partial charge in [-0.2, -0.15) is 0 Å². The summed E-state index contributed by atoms with van der Waals surface area (Å²) in [7, 11) is 1.65. The van der Waals surface area contributed by atoms with Gasteiger partial charge in [0.15, 0.2) is 0 Å². The van der Waals surface area contributed by atoms with Crippen molar-refractivity contribution in [2.24, 2.45) is 5.92 Å². The van der Waals surface area contributed by atoms with E-state index in [0.717, 1.165) is 25.3 Å². The highest BCUT2D eigenvalue weighted by atomic mass is 16.6. The predicted octanol–water partition coefficient (Wildman–Crippen LogP) is 3.11. The van der Waals surface area contributed by atoms with Gasteiger partial charge in [-0.05, 0) is 36.6 Å². The highest BCUT2D eigenvalue weighted by Gasteiger charge is 2.21. The zero-order valence-corrected chi connectivity index (χ0v) is 14.3. The van der Waals surface area contributed by atoms with Crippen LogP contribution in [0.15, 0.2) is 42.6 Å². The zero-order valence-electron chi connectivity index (χ0n) is 14.3. The Morgan fingerprint density at radius 2 is 2.04 bits per heavy atom. The molecule has 2 heterocycles. The maximum atomic E-state index is 12.7. The van der Waals surface area contributed by atoms with E-state index in [-0.39, 0.29) is 11.6 Å². The summed E-state index contributed by atoms with van der Waals surface area (Å²) >= 11 is 0. The van der Waals surface area contributed by atoms with Crippen LogP contribution in [0.25, 0.3) is 0 Å². The molecule has 130 valence electrons. The van der Waals surface area contributed by atoms with E-state index in [2.05, 4.69) is 16.8 Å². The van der Waals surface area contributed by atoms with E-state index in [1.165, 1.54) is 17.0 Å². The van der Waals surface area contributed by atoms with E-state index in [1.54, 1.807) is 31.4 Å². The van der Waals surface area contributed by atoms with Gasteiger partial charge < -0.3 is 9.80 Å². The molecule has 7 heteroatoms. The van der Waals surface area contributed by atoms with Crippen LogP contribution in [0.3, 0.4) is 0 Å². The predicted molar refractivity (Wildman–Crippen MR) is 96.1 cm³/mol. The molecule has 0 bridgehead atoms. The van der Waals surface area contributed by atoms with Crippen LogP contribution >= 0.6 is 0 Å². The third-order valence-electron chi connectivity index (χ3n) is 4.49. The molecular formula is C18H20N4O3. The minimum Gasteiger partial charge on any atom is -0.356 e. The fraction of sp³-hybridized carbons (Fsp3) is 0.333. The third kappa shape index (κ3) is 3.60. The minimum atomic E-state index is -0.461. The molecule has 1 fully saturated rings. The summed E-state index contributed by atoms with van der Waals surface area (Å²) in [6, 6.07) is 9.42. The third-order valence-corrected chi connectivity index (χ3v) is 4.49. The van der Waals surface area contributed by atoms with Gasteiger partial charge in [0.2, 0.25) is 0 Å².